The maximum atomic E-state index is 12.7. The van der Waals surface area contributed by atoms with Crippen LogP contribution in [0, 0.1) is 34.0 Å². The lowest BCUT2D eigenvalue weighted by Gasteiger charge is -2.53. The summed E-state index contributed by atoms with van der Waals surface area (Å²) in [7, 11) is -1.66. The van der Waals surface area contributed by atoms with Crippen molar-refractivity contribution in [3.8, 4) is 0 Å². The molecule has 0 N–H and O–H groups in total. The molecule has 0 amide bonds. The first-order chi connectivity index (χ1) is 13.5. The molecule has 4 nitrogen and oxygen atoms in total. The largest absolute Gasteiger partial charge is 0.548 e. The highest BCUT2D eigenvalue weighted by molar-refractivity contribution is 6.70. The molecule has 4 fully saturated rings. The molecule has 0 spiro atoms. The number of hydrogen-bond donors (Lipinski definition) is 0. The van der Waals surface area contributed by atoms with E-state index in [0.717, 1.165) is 50.7 Å². The molecule has 0 aromatic rings. The first-order valence-electron chi connectivity index (χ1n) is 11.6. The van der Waals surface area contributed by atoms with Crippen LogP contribution in [0.4, 0.5) is 0 Å². The lowest BCUT2D eigenvalue weighted by atomic mass is 9.51. The van der Waals surface area contributed by atoms with Crippen LogP contribution in [0.3, 0.4) is 0 Å². The van der Waals surface area contributed by atoms with Gasteiger partial charge in [0.2, 0.25) is 8.32 Å². The molecular formula is C24H36O4Si. The third kappa shape index (κ3) is 2.55. The molecule has 0 bridgehead atoms. The predicted molar refractivity (Wildman–Crippen MR) is 113 cm³/mol. The van der Waals surface area contributed by atoms with E-state index in [1.165, 1.54) is 6.42 Å². The molecule has 5 rings (SSSR count). The zero-order chi connectivity index (χ0) is 20.8. The van der Waals surface area contributed by atoms with Crippen molar-refractivity contribution in [2.45, 2.75) is 91.0 Å². The Labute approximate surface area is 175 Å². The predicted octanol–water partition coefficient (Wildman–Crippen LogP) is 5.24. The highest BCUT2D eigenvalue weighted by Crippen LogP contribution is 2.83. The van der Waals surface area contributed by atoms with Gasteiger partial charge in [0.05, 0.1) is 5.76 Å². The third-order valence-electron chi connectivity index (χ3n) is 9.42. The molecule has 0 heterocycles. The monoisotopic (exact) mass is 416 g/mol. The highest BCUT2D eigenvalue weighted by Gasteiger charge is 2.84. The summed E-state index contributed by atoms with van der Waals surface area (Å²) in [6.07, 6.45) is 10.5. The Bertz CT molecular complexity index is 797. The van der Waals surface area contributed by atoms with E-state index in [0.29, 0.717) is 23.5 Å². The van der Waals surface area contributed by atoms with Gasteiger partial charge >= 0.3 is 5.97 Å². The molecule has 0 unspecified atom stereocenters. The summed E-state index contributed by atoms with van der Waals surface area (Å²) in [5.74, 6) is 3.21. The number of rotatable bonds is 3. The minimum atomic E-state index is -1.66. The SMILES string of the molecule is CC(=O)O[C@H]1[C@@]23CC[C@@H]4[C@H](CC[C@]5(C)C(=O)CC[C@@H]45)[C@@]12CC=C(O[Si](C)(C)C)C3. The van der Waals surface area contributed by atoms with Crippen molar-refractivity contribution in [3.63, 3.8) is 0 Å². The number of ether oxygens (including phenoxy) is 1. The van der Waals surface area contributed by atoms with Crippen LogP contribution >= 0.6 is 0 Å². The Balaban J connectivity index is 1.49. The van der Waals surface area contributed by atoms with E-state index < -0.39 is 8.32 Å². The second-order valence-corrected chi connectivity index (χ2v) is 16.2. The van der Waals surface area contributed by atoms with Crippen molar-refractivity contribution < 1.29 is 18.8 Å². The molecule has 160 valence electrons. The van der Waals surface area contributed by atoms with Crippen LogP contribution in [-0.4, -0.2) is 26.2 Å². The Morgan fingerprint density at radius 1 is 1.14 bits per heavy atom. The molecule has 29 heavy (non-hydrogen) atoms. The molecule has 0 aromatic carbocycles. The van der Waals surface area contributed by atoms with Crippen LogP contribution in [0.5, 0.6) is 0 Å². The van der Waals surface area contributed by atoms with Gasteiger partial charge in [0, 0.05) is 36.0 Å². The summed E-state index contributed by atoms with van der Waals surface area (Å²) in [6, 6.07) is 0. The number of hydrogen-bond acceptors (Lipinski definition) is 4. The normalized spacial score (nSPS) is 47.9. The van der Waals surface area contributed by atoms with Crippen LogP contribution < -0.4 is 0 Å². The van der Waals surface area contributed by atoms with Crippen LogP contribution in [0.1, 0.15) is 65.2 Å². The van der Waals surface area contributed by atoms with Crippen LogP contribution in [-0.2, 0) is 18.8 Å². The Morgan fingerprint density at radius 3 is 2.59 bits per heavy atom. The van der Waals surface area contributed by atoms with Crippen molar-refractivity contribution in [3.05, 3.63) is 11.8 Å². The Hall–Kier alpha value is -1.10. The van der Waals surface area contributed by atoms with Gasteiger partial charge in [0.15, 0.2) is 0 Å². The number of carbonyl (C=O) groups is 2. The molecule has 0 saturated heterocycles. The molecule has 7 atom stereocenters. The number of ketones is 1. The first kappa shape index (κ1) is 19.8. The highest BCUT2D eigenvalue weighted by atomic mass is 28.4. The minimum Gasteiger partial charge on any atom is -0.548 e. The summed E-state index contributed by atoms with van der Waals surface area (Å²) in [5, 5.41) is 0. The topological polar surface area (TPSA) is 52.6 Å². The van der Waals surface area contributed by atoms with Gasteiger partial charge in [-0.15, -0.1) is 0 Å². The maximum absolute atomic E-state index is 12.7. The van der Waals surface area contributed by atoms with Gasteiger partial charge in [0.25, 0.3) is 0 Å². The minimum absolute atomic E-state index is 0.0305. The smallest absolute Gasteiger partial charge is 0.302 e. The number of esters is 1. The molecular weight excluding hydrogens is 380 g/mol. The third-order valence-corrected chi connectivity index (χ3v) is 10.3. The number of allylic oxidation sites excluding steroid dienone is 2. The van der Waals surface area contributed by atoms with E-state index in [-0.39, 0.29) is 28.3 Å². The van der Waals surface area contributed by atoms with Gasteiger partial charge < -0.3 is 9.16 Å². The summed E-state index contributed by atoms with van der Waals surface area (Å²) in [6.45, 7) is 10.5. The molecule has 5 aliphatic carbocycles. The van der Waals surface area contributed by atoms with E-state index in [1.807, 2.05) is 0 Å². The van der Waals surface area contributed by atoms with Gasteiger partial charge in [-0.25, -0.2) is 0 Å². The molecule has 0 radical (unpaired) electrons. The number of carbonyl (C=O) groups excluding carboxylic acids is 2. The fraction of sp³-hybridized carbons (Fsp3) is 0.833. The van der Waals surface area contributed by atoms with E-state index >= 15 is 0 Å². The maximum Gasteiger partial charge on any atom is 0.302 e. The van der Waals surface area contributed by atoms with Gasteiger partial charge in [-0.3, -0.25) is 9.59 Å². The van der Waals surface area contributed by atoms with Gasteiger partial charge in [-0.2, -0.15) is 0 Å². The molecule has 5 aliphatic rings. The summed E-state index contributed by atoms with van der Waals surface area (Å²) in [4.78, 5) is 24.7. The lowest BCUT2D eigenvalue weighted by molar-refractivity contribution is -0.144. The number of Topliss-reactive ketones (excluding diaryl/α,β-unsaturated/α-hetero) is 1. The Kier molecular flexibility index (Phi) is 4.09. The average molecular weight is 417 g/mol. The van der Waals surface area contributed by atoms with Crippen molar-refractivity contribution in [2.24, 2.45) is 34.0 Å². The zero-order valence-electron chi connectivity index (χ0n) is 18.7. The van der Waals surface area contributed by atoms with Gasteiger partial charge in [-0.05, 0) is 82.0 Å². The quantitative estimate of drug-likeness (QED) is 0.466. The second-order valence-electron chi connectivity index (χ2n) is 11.8. The van der Waals surface area contributed by atoms with Crippen LogP contribution in [0.2, 0.25) is 19.6 Å². The standard InChI is InChI=1S/C24H36O4Si/c1-15(25)27-21-23-12-9-17-18-6-7-20(26)22(18,2)11-10-19(17)24(21,23)13-8-16(14-23)28-29(3,4)5/h8,17-19,21H,6-7,9-14H2,1-5H3/t17-,18-,19-,21-,22-,23-,24-/m0/s1. The molecule has 0 aliphatic heterocycles. The molecule has 5 heteroatoms. The summed E-state index contributed by atoms with van der Waals surface area (Å²) in [5.41, 5.74) is 0.0566. The Morgan fingerprint density at radius 2 is 1.90 bits per heavy atom. The van der Waals surface area contributed by atoms with Gasteiger partial charge in [-0.1, -0.05) is 6.92 Å². The fourth-order valence-electron chi connectivity index (χ4n) is 8.43. The summed E-state index contributed by atoms with van der Waals surface area (Å²) >= 11 is 0. The van der Waals surface area contributed by atoms with Crippen LogP contribution in [0.25, 0.3) is 0 Å². The van der Waals surface area contributed by atoms with Gasteiger partial charge in [0.1, 0.15) is 11.9 Å². The average Bonchev–Trinajstić information content (AvgIpc) is 3.06. The van der Waals surface area contributed by atoms with Crippen molar-refractivity contribution in [2.75, 3.05) is 0 Å². The van der Waals surface area contributed by atoms with Crippen LogP contribution in [0.15, 0.2) is 11.8 Å². The summed E-state index contributed by atoms with van der Waals surface area (Å²) < 4.78 is 12.5. The van der Waals surface area contributed by atoms with Crippen molar-refractivity contribution in [1.82, 2.24) is 0 Å². The zero-order valence-corrected chi connectivity index (χ0v) is 19.7. The van der Waals surface area contributed by atoms with E-state index in [2.05, 4.69) is 32.6 Å². The number of fused-ring (bicyclic) bond motifs is 3. The van der Waals surface area contributed by atoms with E-state index in [9.17, 15) is 9.59 Å². The second kappa shape index (κ2) is 5.99. The molecule has 0 aromatic heterocycles. The first-order valence-corrected chi connectivity index (χ1v) is 15.0. The fourth-order valence-corrected chi connectivity index (χ4v) is 9.37. The molecule has 4 saturated carbocycles. The van der Waals surface area contributed by atoms with Crippen molar-refractivity contribution >= 4 is 20.1 Å². The van der Waals surface area contributed by atoms with E-state index in [4.69, 9.17) is 9.16 Å². The van der Waals surface area contributed by atoms with Crippen molar-refractivity contribution in [1.29, 1.82) is 0 Å². The lowest BCUT2D eigenvalue weighted by Crippen LogP contribution is -2.48. The van der Waals surface area contributed by atoms with E-state index in [1.54, 1.807) is 6.92 Å².